The van der Waals surface area contributed by atoms with Gasteiger partial charge < -0.3 is 24.4 Å². The maximum atomic E-state index is 6.18. The van der Waals surface area contributed by atoms with Crippen LogP contribution >= 0.6 is 0 Å². The first-order chi connectivity index (χ1) is 16.0. The molecule has 1 aromatic heterocycles. The molecule has 1 aromatic carbocycles. The van der Waals surface area contributed by atoms with Crippen LogP contribution in [0.15, 0.2) is 36.5 Å². The third-order valence-electron chi connectivity index (χ3n) is 5.89. The number of aromatic nitrogens is 1. The van der Waals surface area contributed by atoms with Crippen LogP contribution in [0.1, 0.15) is 44.9 Å². The van der Waals surface area contributed by atoms with Crippen molar-refractivity contribution in [2.45, 2.75) is 52.5 Å². The monoisotopic (exact) mass is 454 g/mol. The van der Waals surface area contributed by atoms with Crippen molar-refractivity contribution >= 4 is 5.82 Å². The summed E-state index contributed by atoms with van der Waals surface area (Å²) in [5, 5.41) is 3.67. The van der Waals surface area contributed by atoms with Gasteiger partial charge in [-0.3, -0.25) is 4.90 Å². The Kier molecular flexibility index (Phi) is 8.06. The molecule has 180 valence electrons. The molecule has 2 saturated heterocycles. The van der Waals surface area contributed by atoms with E-state index in [1.165, 1.54) is 11.1 Å². The number of para-hydroxylation sites is 1. The highest BCUT2D eigenvalue weighted by Crippen LogP contribution is 2.31. The van der Waals surface area contributed by atoms with Gasteiger partial charge in [-0.15, -0.1) is 0 Å². The summed E-state index contributed by atoms with van der Waals surface area (Å²) in [6.45, 7) is 15.1. The Labute approximate surface area is 198 Å². The van der Waals surface area contributed by atoms with Gasteiger partial charge in [0.05, 0.1) is 25.4 Å². The summed E-state index contributed by atoms with van der Waals surface area (Å²) in [6.07, 6.45) is 2.26. The lowest BCUT2D eigenvalue weighted by molar-refractivity contribution is 0.121. The van der Waals surface area contributed by atoms with E-state index >= 15 is 0 Å². The van der Waals surface area contributed by atoms with Gasteiger partial charge in [0, 0.05) is 57.1 Å². The average molecular weight is 455 g/mol. The standard InChI is InChI=1S/C26H38N4O3/c1-19(2)32-24-8-6-5-7-22(24)23-18-29(10-9-27-23)17-21-15-25(33-20(3)4)26(28-16-21)30-11-13-31-14-12-30/h5-8,15-16,19-20,23,27H,9-14,17-18H2,1-4H3/t23-/m1/s1. The number of nitrogens with zero attached hydrogens (tertiary/aromatic N) is 3. The molecule has 0 spiro atoms. The number of hydrogen-bond acceptors (Lipinski definition) is 7. The Morgan fingerprint density at radius 3 is 2.52 bits per heavy atom. The number of morpholine rings is 1. The number of anilines is 1. The minimum Gasteiger partial charge on any atom is -0.491 e. The van der Waals surface area contributed by atoms with Crippen LogP contribution in [0, 0.1) is 0 Å². The van der Waals surface area contributed by atoms with Crippen molar-refractivity contribution in [3.8, 4) is 11.5 Å². The Balaban J connectivity index is 1.48. The number of hydrogen-bond donors (Lipinski definition) is 1. The van der Waals surface area contributed by atoms with Crippen molar-refractivity contribution in [2.75, 3.05) is 50.8 Å². The van der Waals surface area contributed by atoms with E-state index in [2.05, 4.69) is 67.1 Å². The summed E-state index contributed by atoms with van der Waals surface area (Å²) in [6, 6.07) is 10.8. The van der Waals surface area contributed by atoms with Crippen LogP contribution in [0.3, 0.4) is 0 Å². The number of pyridine rings is 1. The molecule has 3 heterocycles. The van der Waals surface area contributed by atoms with Gasteiger partial charge in [-0.1, -0.05) is 18.2 Å². The van der Waals surface area contributed by atoms with E-state index in [0.29, 0.717) is 0 Å². The molecule has 0 bridgehead atoms. The van der Waals surface area contributed by atoms with E-state index in [1.807, 2.05) is 12.3 Å². The quantitative estimate of drug-likeness (QED) is 0.653. The van der Waals surface area contributed by atoms with Crippen LogP contribution in [-0.4, -0.2) is 68.0 Å². The molecule has 0 amide bonds. The lowest BCUT2D eigenvalue weighted by Gasteiger charge is -2.35. The van der Waals surface area contributed by atoms with Gasteiger partial charge in [-0.25, -0.2) is 4.98 Å². The molecule has 1 N–H and O–H groups in total. The van der Waals surface area contributed by atoms with Gasteiger partial charge in [0.15, 0.2) is 11.6 Å². The van der Waals surface area contributed by atoms with Gasteiger partial charge in [0.1, 0.15) is 5.75 Å². The second-order valence-corrected chi connectivity index (χ2v) is 9.38. The van der Waals surface area contributed by atoms with E-state index < -0.39 is 0 Å². The molecule has 2 fully saturated rings. The van der Waals surface area contributed by atoms with Crippen LogP contribution in [0.25, 0.3) is 0 Å². The molecule has 33 heavy (non-hydrogen) atoms. The van der Waals surface area contributed by atoms with Gasteiger partial charge in [-0.2, -0.15) is 0 Å². The predicted octanol–water partition coefficient (Wildman–Crippen LogP) is 3.64. The van der Waals surface area contributed by atoms with Crippen LogP contribution in [0.2, 0.25) is 0 Å². The fraction of sp³-hybridized carbons (Fsp3) is 0.577. The third kappa shape index (κ3) is 6.37. The molecule has 1 atom stereocenters. The van der Waals surface area contributed by atoms with Crippen molar-refractivity contribution in [3.63, 3.8) is 0 Å². The summed E-state index contributed by atoms with van der Waals surface area (Å²) in [7, 11) is 0. The van der Waals surface area contributed by atoms with E-state index in [9.17, 15) is 0 Å². The average Bonchev–Trinajstić information content (AvgIpc) is 2.80. The Bertz CT molecular complexity index is 899. The number of rotatable bonds is 8. The second kappa shape index (κ2) is 11.2. The Morgan fingerprint density at radius 2 is 1.76 bits per heavy atom. The minimum absolute atomic E-state index is 0.0999. The normalized spacial score (nSPS) is 19.8. The van der Waals surface area contributed by atoms with Gasteiger partial charge >= 0.3 is 0 Å². The van der Waals surface area contributed by atoms with Gasteiger partial charge in [-0.05, 0) is 45.4 Å². The van der Waals surface area contributed by atoms with E-state index in [1.54, 1.807) is 0 Å². The maximum Gasteiger partial charge on any atom is 0.171 e. The van der Waals surface area contributed by atoms with Crippen molar-refractivity contribution < 1.29 is 14.2 Å². The first-order valence-corrected chi connectivity index (χ1v) is 12.2. The first kappa shape index (κ1) is 23.8. The highest BCUT2D eigenvalue weighted by atomic mass is 16.5. The fourth-order valence-electron chi connectivity index (χ4n) is 4.47. The molecule has 0 aliphatic carbocycles. The topological polar surface area (TPSA) is 59.1 Å². The molecule has 7 heteroatoms. The molecule has 4 rings (SSSR count). The zero-order valence-corrected chi connectivity index (χ0v) is 20.4. The van der Waals surface area contributed by atoms with Crippen LogP contribution in [0.5, 0.6) is 11.5 Å². The molecule has 2 aromatic rings. The molecule has 7 nitrogen and oxygen atoms in total. The van der Waals surface area contributed by atoms with Crippen molar-refractivity contribution in [1.82, 2.24) is 15.2 Å². The molecular weight excluding hydrogens is 416 g/mol. The zero-order chi connectivity index (χ0) is 23.2. The lowest BCUT2D eigenvalue weighted by Crippen LogP contribution is -2.45. The van der Waals surface area contributed by atoms with Crippen molar-refractivity contribution in [2.24, 2.45) is 0 Å². The van der Waals surface area contributed by atoms with Crippen molar-refractivity contribution in [3.05, 3.63) is 47.7 Å². The highest BCUT2D eigenvalue weighted by molar-refractivity contribution is 5.54. The minimum atomic E-state index is 0.0999. The van der Waals surface area contributed by atoms with E-state index in [0.717, 1.165) is 69.8 Å². The fourth-order valence-corrected chi connectivity index (χ4v) is 4.47. The Morgan fingerprint density at radius 1 is 1.03 bits per heavy atom. The number of ether oxygens (including phenoxy) is 3. The molecule has 0 unspecified atom stereocenters. The summed E-state index contributed by atoms with van der Waals surface area (Å²) in [5.74, 6) is 2.76. The van der Waals surface area contributed by atoms with Gasteiger partial charge in [0.2, 0.25) is 0 Å². The van der Waals surface area contributed by atoms with Crippen LogP contribution in [0.4, 0.5) is 5.82 Å². The molecule has 0 radical (unpaired) electrons. The smallest absolute Gasteiger partial charge is 0.171 e. The summed E-state index contributed by atoms with van der Waals surface area (Å²) in [4.78, 5) is 9.57. The Hall–Kier alpha value is -2.35. The molecule has 2 aliphatic heterocycles. The second-order valence-electron chi connectivity index (χ2n) is 9.38. The van der Waals surface area contributed by atoms with Crippen LogP contribution in [-0.2, 0) is 11.3 Å². The first-order valence-electron chi connectivity index (χ1n) is 12.2. The van der Waals surface area contributed by atoms with Gasteiger partial charge in [0.25, 0.3) is 0 Å². The number of benzene rings is 1. The number of nitrogens with one attached hydrogen (secondary N) is 1. The number of piperazine rings is 1. The summed E-state index contributed by atoms with van der Waals surface area (Å²) >= 11 is 0. The zero-order valence-electron chi connectivity index (χ0n) is 20.4. The van der Waals surface area contributed by atoms with E-state index in [-0.39, 0.29) is 18.2 Å². The maximum absolute atomic E-state index is 6.18. The summed E-state index contributed by atoms with van der Waals surface area (Å²) < 4.78 is 17.8. The van der Waals surface area contributed by atoms with Crippen LogP contribution < -0.4 is 19.7 Å². The molecular formula is C26H38N4O3. The lowest BCUT2D eigenvalue weighted by atomic mass is 10.0. The predicted molar refractivity (Wildman–Crippen MR) is 131 cm³/mol. The largest absolute Gasteiger partial charge is 0.491 e. The molecule has 0 saturated carbocycles. The third-order valence-corrected chi connectivity index (χ3v) is 5.89. The van der Waals surface area contributed by atoms with E-state index in [4.69, 9.17) is 19.2 Å². The molecule has 2 aliphatic rings. The highest BCUT2D eigenvalue weighted by Gasteiger charge is 2.25. The van der Waals surface area contributed by atoms with Crippen molar-refractivity contribution in [1.29, 1.82) is 0 Å². The summed E-state index contributed by atoms with van der Waals surface area (Å²) in [5.41, 5.74) is 2.40. The SMILES string of the molecule is CC(C)Oc1ccccc1[C@H]1CN(Cc2cnc(N3CCOCC3)c(OC(C)C)c2)CCN1.